The van der Waals surface area contributed by atoms with Gasteiger partial charge in [-0.1, -0.05) is 62.6 Å². The first kappa shape index (κ1) is 28.2. The lowest BCUT2D eigenvalue weighted by Crippen LogP contribution is -2.57. The average Bonchev–Trinajstić information content (AvgIpc) is 3.74. The minimum atomic E-state index is -1.25. The van der Waals surface area contributed by atoms with E-state index in [0.717, 1.165) is 30.4 Å². The van der Waals surface area contributed by atoms with E-state index in [9.17, 15) is 14.4 Å². The van der Waals surface area contributed by atoms with E-state index in [4.69, 9.17) is 25.8 Å². The number of benzene rings is 2. The topological polar surface area (TPSA) is 106 Å². The molecule has 0 radical (unpaired) electrons. The Labute approximate surface area is 255 Å². The molecule has 0 aromatic heterocycles. The standard InChI is InChI=1S/C33H36ClN3O6/c1-17-5-4-6-23(19(17)3)36-31(39)29-33-12-11-25(43-33)27(30(38)35-21-9-7-18(2)22(34)14-21)28(33)32(40)37(29)15-20-8-10-24-26(13-20)42-16-41-24/h7-14,17,19,23,25,27-29H,4-6,15-16H2,1-3H3,(H,35,38)(H,36,39)/t17-,19-,23+,25+,27-,28+,29+,33+/m0/s1. The zero-order valence-corrected chi connectivity index (χ0v) is 25.2. The van der Waals surface area contributed by atoms with Crippen molar-refractivity contribution in [3.8, 4) is 11.5 Å². The minimum absolute atomic E-state index is 0.00200. The molecule has 10 heteroatoms. The van der Waals surface area contributed by atoms with Gasteiger partial charge in [-0.15, -0.1) is 0 Å². The molecule has 2 bridgehead atoms. The van der Waals surface area contributed by atoms with Crippen molar-refractivity contribution in [3.05, 3.63) is 64.7 Å². The van der Waals surface area contributed by atoms with Gasteiger partial charge in [-0.05, 0) is 60.6 Å². The van der Waals surface area contributed by atoms with Gasteiger partial charge in [-0.25, -0.2) is 0 Å². The van der Waals surface area contributed by atoms with Crippen molar-refractivity contribution in [2.45, 2.75) is 70.4 Å². The van der Waals surface area contributed by atoms with Crippen LogP contribution in [0.15, 0.2) is 48.6 Å². The van der Waals surface area contributed by atoms with Crippen molar-refractivity contribution in [2.24, 2.45) is 23.7 Å². The largest absolute Gasteiger partial charge is 0.454 e. The Balaban J connectivity index is 1.21. The van der Waals surface area contributed by atoms with E-state index >= 15 is 0 Å². The molecule has 7 rings (SSSR count). The number of carbonyl (C=O) groups excluding carboxylic acids is 3. The molecule has 2 aromatic rings. The third-order valence-electron chi connectivity index (χ3n) is 10.2. The van der Waals surface area contributed by atoms with Crippen LogP contribution in [0.2, 0.25) is 5.02 Å². The highest BCUT2D eigenvalue weighted by molar-refractivity contribution is 6.31. The SMILES string of the molecule is Cc1ccc(NC(=O)[C@H]2[C@H]3C=C[C@@]4(O3)[C@H]2C(=O)N(Cc2ccc3c(c2)OCO3)[C@@H]4C(=O)N[C@@H]2CCC[C@H](C)[C@@H]2C)cc1Cl. The number of aryl methyl sites for hydroxylation is 1. The number of hydrogen-bond acceptors (Lipinski definition) is 6. The number of anilines is 1. The molecule has 9 nitrogen and oxygen atoms in total. The summed E-state index contributed by atoms with van der Waals surface area (Å²) >= 11 is 6.31. The lowest BCUT2D eigenvalue weighted by molar-refractivity contribution is -0.142. The molecular weight excluding hydrogens is 570 g/mol. The second kappa shape index (κ2) is 10.6. The van der Waals surface area contributed by atoms with Crippen LogP contribution in [0.4, 0.5) is 5.69 Å². The molecule has 4 aliphatic heterocycles. The Bertz CT molecular complexity index is 1530. The number of nitrogens with zero attached hydrogens (tertiary/aromatic N) is 1. The van der Waals surface area contributed by atoms with E-state index in [-0.39, 0.29) is 37.1 Å². The summed E-state index contributed by atoms with van der Waals surface area (Å²) in [6, 6.07) is 9.88. The highest BCUT2D eigenvalue weighted by Crippen LogP contribution is 2.55. The first-order chi connectivity index (χ1) is 20.7. The van der Waals surface area contributed by atoms with Gasteiger partial charge < -0.3 is 29.7 Å². The maximum Gasteiger partial charge on any atom is 0.246 e. The predicted octanol–water partition coefficient (Wildman–Crippen LogP) is 4.61. The van der Waals surface area contributed by atoms with Crippen LogP contribution < -0.4 is 20.1 Å². The molecule has 1 aliphatic carbocycles. The van der Waals surface area contributed by atoms with Crippen molar-refractivity contribution in [3.63, 3.8) is 0 Å². The second-order valence-corrected chi connectivity index (χ2v) is 13.1. The third kappa shape index (κ3) is 4.59. The molecule has 2 N–H and O–H groups in total. The number of likely N-dealkylation sites (tertiary alicyclic amines) is 1. The predicted molar refractivity (Wildman–Crippen MR) is 160 cm³/mol. The summed E-state index contributed by atoms with van der Waals surface area (Å²) in [5.41, 5.74) is 0.975. The summed E-state index contributed by atoms with van der Waals surface area (Å²) in [6.45, 7) is 6.58. The fourth-order valence-electron chi connectivity index (χ4n) is 7.62. The van der Waals surface area contributed by atoms with Crippen molar-refractivity contribution < 1.29 is 28.6 Å². The van der Waals surface area contributed by atoms with Gasteiger partial charge in [0.1, 0.15) is 11.6 Å². The second-order valence-electron chi connectivity index (χ2n) is 12.7. The number of hydrogen-bond donors (Lipinski definition) is 2. The summed E-state index contributed by atoms with van der Waals surface area (Å²) < 4.78 is 17.5. The first-order valence-corrected chi connectivity index (χ1v) is 15.5. The number of nitrogens with one attached hydrogen (secondary N) is 2. The molecule has 8 atom stereocenters. The number of rotatable bonds is 6. The molecule has 1 saturated carbocycles. The Kier molecular flexibility index (Phi) is 6.93. The molecule has 43 heavy (non-hydrogen) atoms. The highest BCUT2D eigenvalue weighted by Gasteiger charge is 2.72. The fraction of sp³-hybridized carbons (Fsp3) is 0.485. The van der Waals surface area contributed by atoms with E-state index in [1.807, 2.05) is 43.3 Å². The van der Waals surface area contributed by atoms with Gasteiger partial charge in [0, 0.05) is 23.3 Å². The number of carbonyl (C=O) groups is 3. The van der Waals surface area contributed by atoms with Crippen molar-refractivity contribution in [1.82, 2.24) is 10.2 Å². The van der Waals surface area contributed by atoms with Gasteiger partial charge in [0.2, 0.25) is 24.5 Å². The molecule has 5 aliphatic rings. The third-order valence-corrected chi connectivity index (χ3v) is 10.6. The molecule has 226 valence electrons. The van der Waals surface area contributed by atoms with Crippen LogP contribution in [0.1, 0.15) is 44.2 Å². The van der Waals surface area contributed by atoms with Gasteiger partial charge in [-0.2, -0.15) is 0 Å². The number of ether oxygens (including phenoxy) is 3. The van der Waals surface area contributed by atoms with E-state index in [2.05, 4.69) is 24.5 Å². The van der Waals surface area contributed by atoms with Crippen molar-refractivity contribution >= 4 is 35.0 Å². The van der Waals surface area contributed by atoms with Gasteiger partial charge in [0.15, 0.2) is 11.5 Å². The van der Waals surface area contributed by atoms with E-state index in [1.54, 1.807) is 17.0 Å². The summed E-state index contributed by atoms with van der Waals surface area (Å²) in [7, 11) is 0. The van der Waals surface area contributed by atoms with Crippen LogP contribution in [-0.4, -0.2) is 53.2 Å². The zero-order valence-electron chi connectivity index (χ0n) is 24.5. The molecule has 3 fully saturated rings. The lowest BCUT2D eigenvalue weighted by Gasteiger charge is -2.38. The average molecular weight is 606 g/mol. The number of halogens is 1. The van der Waals surface area contributed by atoms with E-state index in [0.29, 0.717) is 34.0 Å². The quantitative estimate of drug-likeness (QED) is 0.466. The summed E-state index contributed by atoms with van der Waals surface area (Å²) in [4.78, 5) is 44.0. The number of amides is 3. The van der Waals surface area contributed by atoms with Gasteiger partial charge in [0.05, 0.1) is 17.9 Å². The Morgan fingerprint density at radius 1 is 1.07 bits per heavy atom. The molecule has 1 spiro atoms. The summed E-state index contributed by atoms with van der Waals surface area (Å²) in [5.74, 6) is -0.494. The maximum absolute atomic E-state index is 14.4. The smallest absolute Gasteiger partial charge is 0.246 e. The van der Waals surface area contributed by atoms with Crippen LogP contribution in [-0.2, 0) is 25.7 Å². The zero-order chi connectivity index (χ0) is 30.0. The van der Waals surface area contributed by atoms with Crippen LogP contribution in [0, 0.1) is 30.6 Å². The molecule has 3 amide bonds. The highest BCUT2D eigenvalue weighted by atomic mass is 35.5. The number of fused-ring (bicyclic) bond motifs is 2. The van der Waals surface area contributed by atoms with E-state index in [1.165, 1.54) is 0 Å². The molecule has 2 aromatic carbocycles. The van der Waals surface area contributed by atoms with Crippen molar-refractivity contribution in [1.29, 1.82) is 0 Å². The normalized spacial score (nSPS) is 33.5. The van der Waals surface area contributed by atoms with Gasteiger partial charge >= 0.3 is 0 Å². The fourth-order valence-corrected chi connectivity index (χ4v) is 7.80. The van der Waals surface area contributed by atoms with Crippen LogP contribution in [0.3, 0.4) is 0 Å². The van der Waals surface area contributed by atoms with Crippen LogP contribution in [0.5, 0.6) is 11.5 Å². The molecule has 2 saturated heterocycles. The lowest BCUT2D eigenvalue weighted by atomic mass is 9.73. The van der Waals surface area contributed by atoms with Crippen molar-refractivity contribution in [2.75, 3.05) is 12.1 Å². The minimum Gasteiger partial charge on any atom is -0.454 e. The van der Waals surface area contributed by atoms with Crippen LogP contribution >= 0.6 is 11.6 Å². The molecule has 4 heterocycles. The summed E-state index contributed by atoms with van der Waals surface area (Å²) in [5, 5.41) is 6.77. The molecule has 0 unspecified atom stereocenters. The van der Waals surface area contributed by atoms with Gasteiger partial charge in [0.25, 0.3) is 0 Å². The van der Waals surface area contributed by atoms with Crippen LogP contribution in [0.25, 0.3) is 0 Å². The Hall–Kier alpha value is -3.56. The van der Waals surface area contributed by atoms with E-state index < -0.39 is 29.6 Å². The molecular formula is C33H36ClN3O6. The Morgan fingerprint density at radius 3 is 2.70 bits per heavy atom. The monoisotopic (exact) mass is 605 g/mol. The summed E-state index contributed by atoms with van der Waals surface area (Å²) in [6.07, 6.45) is 6.11. The first-order valence-electron chi connectivity index (χ1n) is 15.1. The van der Waals surface area contributed by atoms with Gasteiger partial charge in [-0.3, -0.25) is 14.4 Å². The maximum atomic E-state index is 14.4. The Morgan fingerprint density at radius 2 is 1.88 bits per heavy atom.